The normalized spacial score (nSPS) is 11.3. The fourth-order valence-corrected chi connectivity index (χ4v) is 1.56. The van der Waals surface area contributed by atoms with Gasteiger partial charge in [0.05, 0.1) is 14.2 Å². The third-order valence-corrected chi connectivity index (χ3v) is 3.14. The second kappa shape index (κ2) is 4.75. The number of benzene rings is 1. The fourth-order valence-electron chi connectivity index (χ4n) is 1.41. The van der Waals surface area contributed by atoms with E-state index in [0.29, 0.717) is 5.88 Å². The summed E-state index contributed by atoms with van der Waals surface area (Å²) >= 11 is 5.96. The van der Waals surface area contributed by atoms with Crippen molar-refractivity contribution in [3.8, 4) is 11.5 Å². The third kappa shape index (κ3) is 2.57. The van der Waals surface area contributed by atoms with E-state index < -0.39 is 0 Å². The Bertz CT molecular complexity index is 334. The second-order valence-electron chi connectivity index (χ2n) is 4.08. The average Bonchev–Trinajstić information content (AvgIpc) is 2.28. The van der Waals surface area contributed by atoms with E-state index >= 15 is 0 Å². The van der Waals surface area contributed by atoms with Gasteiger partial charge in [-0.15, -0.1) is 11.6 Å². The molecule has 0 saturated carbocycles. The van der Waals surface area contributed by atoms with Gasteiger partial charge in [0.1, 0.15) is 11.5 Å². The van der Waals surface area contributed by atoms with E-state index in [1.165, 1.54) is 0 Å². The second-order valence-corrected chi connectivity index (χ2v) is 4.35. The summed E-state index contributed by atoms with van der Waals surface area (Å²) in [5.74, 6) is 2.21. The van der Waals surface area contributed by atoms with Crippen molar-refractivity contribution < 1.29 is 9.47 Å². The number of ether oxygens (including phenoxy) is 2. The fraction of sp³-hybridized carbons (Fsp3) is 0.500. The number of methoxy groups -OCH3 is 2. The van der Waals surface area contributed by atoms with Crippen LogP contribution in [0.4, 0.5) is 0 Å². The van der Waals surface area contributed by atoms with Gasteiger partial charge in [-0.2, -0.15) is 0 Å². The molecule has 1 aromatic carbocycles. The molecule has 0 amide bonds. The van der Waals surface area contributed by atoms with Crippen LogP contribution < -0.4 is 9.47 Å². The van der Waals surface area contributed by atoms with Crippen molar-refractivity contribution >= 4 is 11.6 Å². The molecule has 0 heterocycles. The van der Waals surface area contributed by atoms with Crippen LogP contribution in [0, 0.1) is 0 Å². The predicted octanol–water partition coefficient (Wildman–Crippen LogP) is 3.22. The standard InChI is InChI=1S/C12H17ClO2/c1-12(2,8-13)10-7-9(14-3)5-6-11(10)15-4/h5-7H,8H2,1-4H3. The van der Waals surface area contributed by atoms with E-state index in [9.17, 15) is 0 Å². The largest absolute Gasteiger partial charge is 0.497 e. The monoisotopic (exact) mass is 228 g/mol. The topological polar surface area (TPSA) is 18.5 Å². The Kier molecular flexibility index (Phi) is 3.86. The van der Waals surface area contributed by atoms with Crippen molar-refractivity contribution in [1.82, 2.24) is 0 Å². The molecule has 0 aromatic heterocycles. The summed E-state index contributed by atoms with van der Waals surface area (Å²) in [6.45, 7) is 4.16. The highest BCUT2D eigenvalue weighted by Gasteiger charge is 2.23. The molecule has 0 aliphatic heterocycles. The molecule has 84 valence electrons. The predicted molar refractivity (Wildman–Crippen MR) is 63.3 cm³/mol. The highest BCUT2D eigenvalue weighted by molar-refractivity contribution is 6.18. The molecule has 3 heteroatoms. The molecule has 0 atom stereocenters. The van der Waals surface area contributed by atoms with Gasteiger partial charge >= 0.3 is 0 Å². The maximum Gasteiger partial charge on any atom is 0.122 e. The molecule has 0 unspecified atom stereocenters. The molecule has 1 aromatic rings. The number of hydrogen-bond acceptors (Lipinski definition) is 2. The minimum Gasteiger partial charge on any atom is -0.497 e. The van der Waals surface area contributed by atoms with Crippen LogP contribution in [0.1, 0.15) is 19.4 Å². The molecule has 0 radical (unpaired) electrons. The van der Waals surface area contributed by atoms with Gasteiger partial charge < -0.3 is 9.47 Å². The maximum atomic E-state index is 5.96. The lowest BCUT2D eigenvalue weighted by atomic mass is 9.86. The van der Waals surface area contributed by atoms with E-state index in [2.05, 4.69) is 13.8 Å². The molecule has 0 saturated heterocycles. The summed E-state index contributed by atoms with van der Waals surface area (Å²) in [6.07, 6.45) is 0. The average molecular weight is 229 g/mol. The van der Waals surface area contributed by atoms with Gasteiger partial charge in [0, 0.05) is 16.9 Å². The van der Waals surface area contributed by atoms with E-state index in [0.717, 1.165) is 17.1 Å². The Hall–Kier alpha value is -0.890. The van der Waals surface area contributed by atoms with Crippen molar-refractivity contribution in [2.75, 3.05) is 20.1 Å². The molecule has 0 N–H and O–H groups in total. The van der Waals surface area contributed by atoms with E-state index in [-0.39, 0.29) is 5.41 Å². The van der Waals surface area contributed by atoms with Crippen LogP contribution in [0.3, 0.4) is 0 Å². The van der Waals surface area contributed by atoms with E-state index in [1.54, 1.807) is 14.2 Å². The number of rotatable bonds is 4. The number of alkyl halides is 1. The molecule has 15 heavy (non-hydrogen) atoms. The van der Waals surface area contributed by atoms with Gasteiger partial charge in [-0.3, -0.25) is 0 Å². The zero-order valence-corrected chi connectivity index (χ0v) is 10.4. The molecule has 0 aliphatic carbocycles. The van der Waals surface area contributed by atoms with Crippen molar-refractivity contribution in [3.63, 3.8) is 0 Å². The maximum absolute atomic E-state index is 5.96. The third-order valence-electron chi connectivity index (χ3n) is 2.47. The quantitative estimate of drug-likeness (QED) is 0.737. The highest BCUT2D eigenvalue weighted by Crippen LogP contribution is 2.35. The summed E-state index contributed by atoms with van der Waals surface area (Å²) in [6, 6.07) is 5.76. The van der Waals surface area contributed by atoms with Crippen LogP contribution in [0.15, 0.2) is 18.2 Å². The van der Waals surface area contributed by atoms with Gasteiger partial charge in [0.15, 0.2) is 0 Å². The minimum atomic E-state index is -0.124. The van der Waals surface area contributed by atoms with Crippen molar-refractivity contribution in [2.45, 2.75) is 19.3 Å². The molecular weight excluding hydrogens is 212 g/mol. The van der Waals surface area contributed by atoms with Crippen molar-refractivity contribution in [1.29, 1.82) is 0 Å². The molecule has 0 spiro atoms. The molecule has 0 fully saturated rings. The Labute approximate surface area is 96.2 Å². The summed E-state index contributed by atoms with van der Waals surface area (Å²) in [4.78, 5) is 0. The summed E-state index contributed by atoms with van der Waals surface area (Å²) < 4.78 is 10.5. The SMILES string of the molecule is COc1ccc(OC)c(C(C)(C)CCl)c1. The van der Waals surface area contributed by atoms with Gasteiger partial charge in [-0.1, -0.05) is 13.8 Å². The van der Waals surface area contributed by atoms with E-state index in [4.69, 9.17) is 21.1 Å². The first-order chi connectivity index (χ1) is 7.05. The smallest absolute Gasteiger partial charge is 0.122 e. The molecule has 1 rings (SSSR count). The van der Waals surface area contributed by atoms with Gasteiger partial charge in [-0.25, -0.2) is 0 Å². The van der Waals surface area contributed by atoms with E-state index in [1.807, 2.05) is 18.2 Å². The van der Waals surface area contributed by atoms with Crippen LogP contribution in [0.25, 0.3) is 0 Å². The van der Waals surface area contributed by atoms with Crippen LogP contribution in [0.2, 0.25) is 0 Å². The molecule has 0 aliphatic rings. The Morgan fingerprint density at radius 1 is 1.20 bits per heavy atom. The first-order valence-electron chi connectivity index (χ1n) is 4.83. The Morgan fingerprint density at radius 3 is 2.33 bits per heavy atom. The number of halogens is 1. The Morgan fingerprint density at radius 2 is 1.87 bits per heavy atom. The lowest BCUT2D eigenvalue weighted by Crippen LogP contribution is -2.20. The van der Waals surface area contributed by atoms with Gasteiger partial charge in [0.25, 0.3) is 0 Å². The summed E-state index contributed by atoms with van der Waals surface area (Å²) in [7, 11) is 3.31. The van der Waals surface area contributed by atoms with Crippen LogP contribution >= 0.6 is 11.6 Å². The van der Waals surface area contributed by atoms with Crippen LogP contribution in [-0.2, 0) is 5.41 Å². The Balaban J connectivity index is 3.23. The lowest BCUT2D eigenvalue weighted by Gasteiger charge is -2.24. The zero-order chi connectivity index (χ0) is 11.5. The lowest BCUT2D eigenvalue weighted by molar-refractivity contribution is 0.388. The first-order valence-corrected chi connectivity index (χ1v) is 5.37. The molecular formula is C12H17ClO2. The number of hydrogen-bond donors (Lipinski definition) is 0. The summed E-state index contributed by atoms with van der Waals surface area (Å²) in [5.41, 5.74) is 0.945. The van der Waals surface area contributed by atoms with Crippen LogP contribution in [0.5, 0.6) is 11.5 Å². The molecule has 0 bridgehead atoms. The minimum absolute atomic E-state index is 0.124. The summed E-state index contributed by atoms with van der Waals surface area (Å²) in [5, 5.41) is 0. The zero-order valence-electron chi connectivity index (χ0n) is 9.63. The first kappa shape index (κ1) is 12.2. The van der Waals surface area contributed by atoms with Crippen molar-refractivity contribution in [2.24, 2.45) is 0 Å². The van der Waals surface area contributed by atoms with Crippen LogP contribution in [-0.4, -0.2) is 20.1 Å². The highest BCUT2D eigenvalue weighted by atomic mass is 35.5. The molecule has 2 nitrogen and oxygen atoms in total. The van der Waals surface area contributed by atoms with Crippen molar-refractivity contribution in [3.05, 3.63) is 23.8 Å². The van der Waals surface area contributed by atoms with Gasteiger partial charge in [-0.05, 0) is 18.2 Å². The van der Waals surface area contributed by atoms with Gasteiger partial charge in [0.2, 0.25) is 0 Å².